The fourth-order valence-corrected chi connectivity index (χ4v) is 2.68. The van der Waals surface area contributed by atoms with Crippen LogP contribution in [0.25, 0.3) is 0 Å². The van der Waals surface area contributed by atoms with Gasteiger partial charge in [-0.1, -0.05) is 0 Å². The van der Waals surface area contributed by atoms with Gasteiger partial charge in [0.1, 0.15) is 17.1 Å². The lowest BCUT2D eigenvalue weighted by Crippen LogP contribution is -2.39. The highest BCUT2D eigenvalue weighted by Crippen LogP contribution is 2.29. The minimum absolute atomic E-state index is 0.0131. The normalized spacial score (nSPS) is 22.1. The molecule has 1 fully saturated rings. The summed E-state index contributed by atoms with van der Waals surface area (Å²) in [7, 11) is 1.74. The molecule has 0 bridgehead atoms. The zero-order valence-electron chi connectivity index (χ0n) is 12.4. The van der Waals surface area contributed by atoms with Crippen LogP contribution in [0.4, 0.5) is 0 Å². The van der Waals surface area contributed by atoms with Crippen molar-refractivity contribution >= 4 is 5.91 Å². The zero-order chi connectivity index (χ0) is 15.6. The number of rotatable bonds is 5. The van der Waals surface area contributed by atoms with Gasteiger partial charge in [0, 0.05) is 20.1 Å². The fraction of sp³-hybridized carbons (Fsp3) is 0.500. The Hall–Kier alpha value is -2.19. The average molecular weight is 305 g/mol. The van der Waals surface area contributed by atoms with Crippen LogP contribution in [0.15, 0.2) is 29.0 Å². The number of nitrogens with zero attached hydrogens (tertiary/aromatic N) is 4. The number of hydrogen-bond acceptors (Lipinski definition) is 6. The third-order valence-corrected chi connectivity index (χ3v) is 3.98. The van der Waals surface area contributed by atoms with Gasteiger partial charge in [0.2, 0.25) is 5.91 Å². The highest BCUT2D eigenvalue weighted by molar-refractivity contribution is 5.78. The van der Waals surface area contributed by atoms with E-state index in [1.54, 1.807) is 24.3 Å². The molecule has 2 aromatic heterocycles. The summed E-state index contributed by atoms with van der Waals surface area (Å²) in [4.78, 5) is 15.8. The van der Waals surface area contributed by atoms with Gasteiger partial charge in [-0.15, -0.1) is 0 Å². The van der Waals surface area contributed by atoms with E-state index in [2.05, 4.69) is 15.4 Å². The van der Waals surface area contributed by atoms with Crippen molar-refractivity contribution in [1.82, 2.24) is 25.2 Å². The first kappa shape index (κ1) is 14.7. The molecule has 0 radical (unpaired) electrons. The SMILES string of the molecule is CN(Cc1ccco1)C(=O)CN1CCC(O)(c2cn[nH]n2)C1. The second-order valence-corrected chi connectivity index (χ2v) is 5.68. The summed E-state index contributed by atoms with van der Waals surface area (Å²) < 4.78 is 5.24. The van der Waals surface area contributed by atoms with Gasteiger partial charge in [-0.05, 0) is 18.6 Å². The molecule has 0 aliphatic carbocycles. The van der Waals surface area contributed by atoms with Crippen LogP contribution in [0.2, 0.25) is 0 Å². The number of amides is 1. The molecule has 1 aliphatic rings. The second kappa shape index (κ2) is 5.90. The Morgan fingerprint density at radius 2 is 2.50 bits per heavy atom. The van der Waals surface area contributed by atoms with E-state index in [1.807, 2.05) is 11.0 Å². The quantitative estimate of drug-likeness (QED) is 0.803. The third kappa shape index (κ3) is 3.02. The van der Waals surface area contributed by atoms with Crippen LogP contribution in [0.5, 0.6) is 0 Å². The standard InChI is InChI=1S/C14H19N5O3/c1-18(8-11-3-2-6-22-11)13(20)9-19-5-4-14(21,10-19)12-7-15-17-16-12/h2-3,6-7,21H,4-5,8-10H2,1H3,(H,15,16,17). The van der Waals surface area contributed by atoms with E-state index in [-0.39, 0.29) is 12.5 Å². The maximum atomic E-state index is 12.2. The lowest BCUT2D eigenvalue weighted by Gasteiger charge is -2.23. The molecule has 8 heteroatoms. The van der Waals surface area contributed by atoms with Crippen LogP contribution in [-0.4, -0.2) is 62.9 Å². The highest BCUT2D eigenvalue weighted by Gasteiger charge is 2.40. The molecule has 8 nitrogen and oxygen atoms in total. The van der Waals surface area contributed by atoms with Crippen molar-refractivity contribution in [1.29, 1.82) is 0 Å². The molecule has 2 N–H and O–H groups in total. The van der Waals surface area contributed by atoms with Gasteiger partial charge in [0.15, 0.2) is 0 Å². The number of carbonyl (C=O) groups is 1. The number of β-amino-alcohol motifs (C(OH)–C–C–N with tert-alkyl or cyclic N) is 1. The molecule has 22 heavy (non-hydrogen) atoms. The van der Waals surface area contributed by atoms with Gasteiger partial charge in [-0.3, -0.25) is 9.69 Å². The fourth-order valence-electron chi connectivity index (χ4n) is 2.68. The molecule has 0 aromatic carbocycles. The first-order valence-corrected chi connectivity index (χ1v) is 7.14. The van der Waals surface area contributed by atoms with E-state index in [9.17, 15) is 9.90 Å². The van der Waals surface area contributed by atoms with Crippen molar-refractivity contribution in [3.05, 3.63) is 36.0 Å². The van der Waals surface area contributed by atoms with Crippen molar-refractivity contribution in [2.75, 3.05) is 26.7 Å². The van der Waals surface area contributed by atoms with Gasteiger partial charge >= 0.3 is 0 Å². The molecular weight excluding hydrogens is 286 g/mol. The average Bonchev–Trinajstić information content (AvgIpc) is 3.20. The number of likely N-dealkylation sites (N-methyl/N-ethyl adjacent to an activating group) is 1. The number of aliphatic hydroxyl groups is 1. The van der Waals surface area contributed by atoms with E-state index in [0.29, 0.717) is 31.7 Å². The van der Waals surface area contributed by atoms with Gasteiger partial charge in [0.05, 0.1) is 25.5 Å². The summed E-state index contributed by atoms with van der Waals surface area (Å²) >= 11 is 0. The van der Waals surface area contributed by atoms with Crippen molar-refractivity contribution < 1.29 is 14.3 Å². The van der Waals surface area contributed by atoms with E-state index in [1.165, 1.54) is 6.20 Å². The number of carbonyl (C=O) groups excluding carboxylic acids is 1. The summed E-state index contributed by atoms with van der Waals surface area (Å²) in [6, 6.07) is 3.63. The van der Waals surface area contributed by atoms with Crippen LogP contribution in [0.1, 0.15) is 17.9 Å². The number of H-pyrrole nitrogens is 1. The van der Waals surface area contributed by atoms with E-state index >= 15 is 0 Å². The van der Waals surface area contributed by atoms with Crippen LogP contribution in [0.3, 0.4) is 0 Å². The smallest absolute Gasteiger partial charge is 0.236 e. The lowest BCUT2D eigenvalue weighted by atomic mass is 10.0. The Labute approximate surface area is 127 Å². The molecule has 3 heterocycles. The van der Waals surface area contributed by atoms with Gasteiger partial charge < -0.3 is 14.4 Å². The lowest BCUT2D eigenvalue weighted by molar-refractivity contribution is -0.131. The molecule has 0 spiro atoms. The number of furan rings is 1. The van der Waals surface area contributed by atoms with Crippen LogP contribution >= 0.6 is 0 Å². The van der Waals surface area contributed by atoms with Gasteiger partial charge in [-0.2, -0.15) is 15.4 Å². The summed E-state index contributed by atoms with van der Waals surface area (Å²) in [5.41, 5.74) is -0.515. The number of nitrogens with one attached hydrogen (secondary N) is 1. The number of aromatic nitrogens is 3. The van der Waals surface area contributed by atoms with Gasteiger partial charge in [-0.25, -0.2) is 0 Å². The molecule has 1 unspecified atom stereocenters. The van der Waals surface area contributed by atoms with E-state index < -0.39 is 5.60 Å². The molecule has 2 aromatic rings. The molecule has 1 amide bonds. The Kier molecular flexibility index (Phi) is 3.95. The van der Waals surface area contributed by atoms with Gasteiger partial charge in [0.25, 0.3) is 0 Å². The van der Waals surface area contributed by atoms with Crippen LogP contribution in [-0.2, 0) is 16.9 Å². The van der Waals surface area contributed by atoms with Crippen LogP contribution in [0, 0.1) is 0 Å². The number of likely N-dealkylation sites (tertiary alicyclic amines) is 1. The maximum Gasteiger partial charge on any atom is 0.236 e. The topological polar surface area (TPSA) is 98.5 Å². The first-order chi connectivity index (χ1) is 10.6. The summed E-state index contributed by atoms with van der Waals surface area (Å²) in [5.74, 6) is 0.733. The Bertz CT molecular complexity index is 612. The van der Waals surface area contributed by atoms with Crippen LogP contribution < -0.4 is 0 Å². The zero-order valence-corrected chi connectivity index (χ0v) is 12.4. The van der Waals surface area contributed by atoms with Crippen molar-refractivity contribution in [2.45, 2.75) is 18.6 Å². The minimum Gasteiger partial charge on any atom is -0.467 e. The monoisotopic (exact) mass is 305 g/mol. The highest BCUT2D eigenvalue weighted by atomic mass is 16.3. The molecule has 118 valence electrons. The Morgan fingerprint density at radius 1 is 1.64 bits per heavy atom. The minimum atomic E-state index is -1.03. The Morgan fingerprint density at radius 3 is 3.18 bits per heavy atom. The summed E-state index contributed by atoms with van der Waals surface area (Å²) in [5, 5.41) is 20.8. The maximum absolute atomic E-state index is 12.2. The first-order valence-electron chi connectivity index (χ1n) is 7.14. The Balaban J connectivity index is 1.54. The molecule has 0 saturated carbocycles. The predicted molar refractivity (Wildman–Crippen MR) is 76.5 cm³/mol. The predicted octanol–water partition coefficient (Wildman–Crippen LogP) is -0.0504. The number of hydrogen-bond donors (Lipinski definition) is 2. The summed E-state index contributed by atoms with van der Waals surface area (Å²) in [6.45, 7) is 1.72. The largest absolute Gasteiger partial charge is 0.467 e. The molecule has 1 aliphatic heterocycles. The van der Waals surface area contributed by atoms with E-state index in [0.717, 1.165) is 5.76 Å². The second-order valence-electron chi connectivity index (χ2n) is 5.68. The molecular formula is C14H19N5O3. The summed E-state index contributed by atoms with van der Waals surface area (Å²) in [6.07, 6.45) is 3.65. The van der Waals surface area contributed by atoms with Crippen molar-refractivity contribution in [3.8, 4) is 0 Å². The molecule has 1 atom stereocenters. The van der Waals surface area contributed by atoms with Crippen molar-refractivity contribution in [2.24, 2.45) is 0 Å². The van der Waals surface area contributed by atoms with Crippen molar-refractivity contribution in [3.63, 3.8) is 0 Å². The molecule has 3 rings (SSSR count). The number of aromatic amines is 1. The third-order valence-electron chi connectivity index (χ3n) is 3.98. The molecule has 1 saturated heterocycles. The van der Waals surface area contributed by atoms with E-state index in [4.69, 9.17) is 4.42 Å².